The molecule has 2 aliphatic rings. The summed E-state index contributed by atoms with van der Waals surface area (Å²) in [6.07, 6.45) is 0.597. The minimum absolute atomic E-state index is 0.105. The van der Waals surface area contributed by atoms with Gasteiger partial charge in [-0.05, 0) is 0 Å². The van der Waals surface area contributed by atoms with E-state index in [1.165, 1.54) is 0 Å². The summed E-state index contributed by atoms with van der Waals surface area (Å²) in [4.78, 5) is 29.3. The maximum absolute atomic E-state index is 12.1. The van der Waals surface area contributed by atoms with E-state index < -0.39 is 0 Å². The monoisotopic (exact) mass is 268 g/mol. The molecule has 2 fully saturated rings. The SMILES string of the molecule is CC(=O)N1CCN(C(=O)CCN2CCNCC2)CC1. The summed E-state index contributed by atoms with van der Waals surface area (Å²) >= 11 is 0. The summed E-state index contributed by atoms with van der Waals surface area (Å²) in [5.41, 5.74) is 0. The van der Waals surface area contributed by atoms with Crippen LogP contribution in [0.5, 0.6) is 0 Å². The molecule has 6 nitrogen and oxygen atoms in total. The molecule has 6 heteroatoms. The molecular weight excluding hydrogens is 244 g/mol. The van der Waals surface area contributed by atoms with E-state index >= 15 is 0 Å². The number of hydrogen-bond donors (Lipinski definition) is 1. The lowest BCUT2D eigenvalue weighted by molar-refractivity contribution is -0.138. The van der Waals surface area contributed by atoms with Gasteiger partial charge in [-0.2, -0.15) is 0 Å². The first kappa shape index (κ1) is 14.3. The van der Waals surface area contributed by atoms with Crippen LogP contribution in [-0.2, 0) is 9.59 Å². The Morgan fingerprint density at radius 2 is 1.53 bits per heavy atom. The first-order valence-electron chi connectivity index (χ1n) is 7.13. The van der Waals surface area contributed by atoms with Gasteiger partial charge in [0.25, 0.3) is 0 Å². The van der Waals surface area contributed by atoms with Gasteiger partial charge in [0.05, 0.1) is 0 Å². The summed E-state index contributed by atoms with van der Waals surface area (Å²) in [7, 11) is 0. The molecule has 1 N–H and O–H groups in total. The van der Waals surface area contributed by atoms with Gasteiger partial charge in [-0.3, -0.25) is 9.59 Å². The van der Waals surface area contributed by atoms with Crippen LogP contribution in [0.2, 0.25) is 0 Å². The maximum Gasteiger partial charge on any atom is 0.223 e. The largest absolute Gasteiger partial charge is 0.339 e. The molecule has 19 heavy (non-hydrogen) atoms. The quantitative estimate of drug-likeness (QED) is 0.711. The van der Waals surface area contributed by atoms with Crippen LogP contribution >= 0.6 is 0 Å². The maximum atomic E-state index is 12.1. The Hall–Kier alpha value is -1.14. The van der Waals surface area contributed by atoms with E-state index in [4.69, 9.17) is 0 Å². The van der Waals surface area contributed by atoms with Crippen molar-refractivity contribution in [3.8, 4) is 0 Å². The highest BCUT2D eigenvalue weighted by molar-refractivity contribution is 5.77. The number of hydrogen-bond acceptors (Lipinski definition) is 4. The second-order valence-corrected chi connectivity index (χ2v) is 5.23. The van der Waals surface area contributed by atoms with Crippen molar-refractivity contribution in [2.24, 2.45) is 0 Å². The van der Waals surface area contributed by atoms with Crippen LogP contribution in [0.25, 0.3) is 0 Å². The van der Waals surface area contributed by atoms with Crippen molar-refractivity contribution in [2.75, 3.05) is 58.9 Å². The Balaban J connectivity index is 1.67. The van der Waals surface area contributed by atoms with E-state index in [0.717, 1.165) is 32.7 Å². The first-order valence-corrected chi connectivity index (χ1v) is 7.13. The van der Waals surface area contributed by atoms with Crippen molar-refractivity contribution >= 4 is 11.8 Å². The fourth-order valence-corrected chi connectivity index (χ4v) is 2.62. The number of rotatable bonds is 3. The van der Waals surface area contributed by atoms with Crippen LogP contribution in [0, 0.1) is 0 Å². The fraction of sp³-hybridized carbons (Fsp3) is 0.846. The molecule has 0 bridgehead atoms. The molecule has 0 aromatic carbocycles. The van der Waals surface area contributed by atoms with E-state index in [0.29, 0.717) is 32.6 Å². The summed E-state index contributed by atoms with van der Waals surface area (Å²) in [6, 6.07) is 0. The van der Waals surface area contributed by atoms with Crippen LogP contribution in [0.4, 0.5) is 0 Å². The molecule has 2 heterocycles. The zero-order valence-electron chi connectivity index (χ0n) is 11.7. The van der Waals surface area contributed by atoms with E-state index in [-0.39, 0.29) is 11.8 Å². The van der Waals surface area contributed by atoms with Crippen LogP contribution in [-0.4, -0.2) is 85.4 Å². The van der Waals surface area contributed by atoms with Crippen molar-refractivity contribution < 1.29 is 9.59 Å². The average Bonchev–Trinajstić information content (AvgIpc) is 2.46. The topological polar surface area (TPSA) is 55.9 Å². The van der Waals surface area contributed by atoms with E-state index in [1.54, 1.807) is 11.8 Å². The van der Waals surface area contributed by atoms with E-state index in [9.17, 15) is 9.59 Å². The zero-order valence-corrected chi connectivity index (χ0v) is 11.7. The molecule has 2 aliphatic heterocycles. The number of piperazine rings is 2. The third kappa shape index (κ3) is 4.18. The third-order valence-electron chi connectivity index (χ3n) is 3.93. The second kappa shape index (κ2) is 6.86. The van der Waals surface area contributed by atoms with E-state index in [2.05, 4.69) is 10.2 Å². The lowest BCUT2D eigenvalue weighted by Gasteiger charge is -2.35. The number of carbonyl (C=O) groups is 2. The molecule has 0 saturated carbocycles. The normalized spacial score (nSPS) is 21.5. The molecule has 2 saturated heterocycles. The highest BCUT2D eigenvalue weighted by atomic mass is 16.2. The number of amides is 2. The number of carbonyl (C=O) groups excluding carboxylic acids is 2. The molecular formula is C13H24N4O2. The molecule has 2 amide bonds. The second-order valence-electron chi connectivity index (χ2n) is 5.23. The van der Waals surface area contributed by atoms with Gasteiger partial charge in [0.2, 0.25) is 11.8 Å². The van der Waals surface area contributed by atoms with Crippen LogP contribution in [0.3, 0.4) is 0 Å². The number of nitrogens with one attached hydrogen (secondary N) is 1. The fourth-order valence-electron chi connectivity index (χ4n) is 2.62. The summed E-state index contributed by atoms with van der Waals surface area (Å²) in [5, 5.41) is 3.31. The standard InChI is InChI=1S/C13H24N4O2/c1-12(18)16-8-10-17(11-9-16)13(19)2-5-15-6-3-14-4-7-15/h14H,2-11H2,1H3. The molecule has 0 radical (unpaired) electrons. The molecule has 0 unspecified atom stereocenters. The molecule has 0 aliphatic carbocycles. The Labute approximate surface area is 114 Å². The highest BCUT2D eigenvalue weighted by Crippen LogP contribution is 2.05. The predicted molar refractivity (Wildman–Crippen MR) is 72.8 cm³/mol. The average molecular weight is 268 g/mol. The smallest absolute Gasteiger partial charge is 0.223 e. The molecule has 2 rings (SSSR count). The molecule has 0 spiro atoms. The zero-order chi connectivity index (χ0) is 13.7. The minimum Gasteiger partial charge on any atom is -0.339 e. The molecule has 0 aromatic heterocycles. The van der Waals surface area contributed by atoms with Gasteiger partial charge in [-0.25, -0.2) is 0 Å². The van der Waals surface area contributed by atoms with E-state index in [1.807, 2.05) is 4.90 Å². The Morgan fingerprint density at radius 1 is 0.947 bits per heavy atom. The van der Waals surface area contributed by atoms with Crippen molar-refractivity contribution in [3.05, 3.63) is 0 Å². The summed E-state index contributed by atoms with van der Waals surface area (Å²) in [5.74, 6) is 0.328. The Bertz CT molecular complexity index is 321. The van der Waals surface area contributed by atoms with Gasteiger partial charge >= 0.3 is 0 Å². The van der Waals surface area contributed by atoms with Gasteiger partial charge in [-0.15, -0.1) is 0 Å². The lowest BCUT2D eigenvalue weighted by Crippen LogP contribution is -2.51. The van der Waals surface area contributed by atoms with Gasteiger partial charge in [-0.1, -0.05) is 0 Å². The Morgan fingerprint density at radius 3 is 2.11 bits per heavy atom. The molecule has 0 aromatic rings. The van der Waals surface area contributed by atoms with Crippen molar-refractivity contribution in [2.45, 2.75) is 13.3 Å². The summed E-state index contributed by atoms with van der Waals surface area (Å²) < 4.78 is 0. The molecule has 108 valence electrons. The van der Waals surface area contributed by atoms with Gasteiger partial charge in [0.1, 0.15) is 0 Å². The van der Waals surface area contributed by atoms with Gasteiger partial charge in [0, 0.05) is 72.2 Å². The van der Waals surface area contributed by atoms with Crippen LogP contribution in [0.15, 0.2) is 0 Å². The Kier molecular flexibility index (Phi) is 5.15. The highest BCUT2D eigenvalue weighted by Gasteiger charge is 2.22. The van der Waals surface area contributed by atoms with Crippen molar-refractivity contribution in [1.29, 1.82) is 0 Å². The molecule has 0 atom stereocenters. The van der Waals surface area contributed by atoms with Crippen LogP contribution < -0.4 is 5.32 Å². The van der Waals surface area contributed by atoms with Crippen molar-refractivity contribution in [1.82, 2.24) is 20.0 Å². The van der Waals surface area contributed by atoms with Gasteiger partial charge in [0.15, 0.2) is 0 Å². The number of nitrogens with zero attached hydrogens (tertiary/aromatic N) is 3. The summed E-state index contributed by atoms with van der Waals surface area (Å²) in [6.45, 7) is 9.26. The third-order valence-corrected chi connectivity index (χ3v) is 3.93. The minimum atomic E-state index is 0.105. The lowest BCUT2D eigenvalue weighted by atomic mass is 10.2. The van der Waals surface area contributed by atoms with Gasteiger partial charge < -0.3 is 20.0 Å². The van der Waals surface area contributed by atoms with Crippen molar-refractivity contribution in [3.63, 3.8) is 0 Å². The van der Waals surface area contributed by atoms with Crippen LogP contribution in [0.1, 0.15) is 13.3 Å². The predicted octanol–water partition coefficient (Wildman–Crippen LogP) is -1.03. The first-order chi connectivity index (χ1) is 9.16.